The van der Waals surface area contributed by atoms with Crippen molar-refractivity contribution in [2.24, 2.45) is 0 Å². The summed E-state index contributed by atoms with van der Waals surface area (Å²) in [6.07, 6.45) is 8.91. The van der Waals surface area contributed by atoms with Gasteiger partial charge >= 0.3 is 0 Å². The molecular formula is C26H32N4O5S. The van der Waals surface area contributed by atoms with E-state index in [4.69, 9.17) is 14.6 Å². The predicted octanol–water partition coefficient (Wildman–Crippen LogP) is 4.67. The van der Waals surface area contributed by atoms with E-state index in [0.717, 1.165) is 56.6 Å². The molecule has 2 aliphatic rings. The maximum Gasteiger partial charge on any atom is 0.175 e. The SMILES string of the molecule is CC(C)(O)c1cc(Nc2cc(Oc3cn(C4CC4)nc3C3CCOCC3)ccn2)ccc1S(C)(=O)=O. The standard InChI is InChI=1S/C26H32N4O5S/c1-26(2,31)21-14-18(4-7-23(21)36(3,32)33)28-24-15-20(8-11-27-24)35-22-16-30(19-5-6-19)29-25(22)17-9-12-34-13-10-17/h4,7-8,11,14-17,19,31H,5-6,9-10,12-13H2,1-3H3,(H,27,28). The van der Waals surface area contributed by atoms with E-state index in [0.29, 0.717) is 34.8 Å². The van der Waals surface area contributed by atoms with Crippen molar-refractivity contribution in [1.82, 2.24) is 14.8 Å². The number of anilines is 2. The molecule has 3 heterocycles. The summed E-state index contributed by atoms with van der Waals surface area (Å²) >= 11 is 0. The van der Waals surface area contributed by atoms with Crippen molar-refractivity contribution in [3.8, 4) is 11.5 Å². The summed E-state index contributed by atoms with van der Waals surface area (Å²) in [5.41, 5.74) is 0.559. The Hall–Kier alpha value is -2.95. The van der Waals surface area contributed by atoms with Crippen molar-refractivity contribution >= 4 is 21.3 Å². The van der Waals surface area contributed by atoms with E-state index in [1.807, 2.05) is 10.9 Å². The Labute approximate surface area is 211 Å². The molecule has 9 nitrogen and oxygen atoms in total. The number of benzene rings is 1. The number of hydrogen-bond acceptors (Lipinski definition) is 8. The molecule has 3 aromatic rings. The van der Waals surface area contributed by atoms with Gasteiger partial charge in [-0.2, -0.15) is 5.10 Å². The van der Waals surface area contributed by atoms with E-state index < -0.39 is 15.4 Å². The minimum atomic E-state index is -3.50. The third-order valence-corrected chi connectivity index (χ3v) is 7.68. The molecule has 192 valence electrons. The molecule has 5 rings (SSSR count). The first-order chi connectivity index (χ1) is 17.1. The van der Waals surface area contributed by atoms with Crippen molar-refractivity contribution < 1.29 is 23.0 Å². The second kappa shape index (κ2) is 9.49. The minimum absolute atomic E-state index is 0.0962. The molecule has 0 radical (unpaired) electrons. The molecule has 1 saturated heterocycles. The molecular weight excluding hydrogens is 480 g/mol. The molecule has 0 spiro atoms. The predicted molar refractivity (Wildman–Crippen MR) is 136 cm³/mol. The van der Waals surface area contributed by atoms with Crippen LogP contribution in [0.4, 0.5) is 11.5 Å². The van der Waals surface area contributed by atoms with Crippen LogP contribution in [0.1, 0.15) is 62.7 Å². The van der Waals surface area contributed by atoms with Gasteiger partial charge in [0.15, 0.2) is 15.6 Å². The number of nitrogens with zero attached hydrogens (tertiary/aromatic N) is 3. The fraction of sp³-hybridized carbons (Fsp3) is 0.462. The zero-order valence-corrected chi connectivity index (χ0v) is 21.6. The van der Waals surface area contributed by atoms with Crippen molar-refractivity contribution in [3.05, 3.63) is 54.0 Å². The van der Waals surface area contributed by atoms with Gasteiger partial charge in [0, 0.05) is 48.9 Å². The number of nitrogens with one attached hydrogen (secondary N) is 1. The van der Waals surface area contributed by atoms with Gasteiger partial charge in [-0.05, 0) is 63.8 Å². The highest BCUT2D eigenvalue weighted by atomic mass is 32.2. The van der Waals surface area contributed by atoms with Gasteiger partial charge in [0.05, 0.1) is 22.7 Å². The smallest absolute Gasteiger partial charge is 0.175 e. The van der Waals surface area contributed by atoms with Crippen molar-refractivity contribution in [1.29, 1.82) is 0 Å². The highest BCUT2D eigenvalue weighted by Crippen LogP contribution is 2.40. The summed E-state index contributed by atoms with van der Waals surface area (Å²) in [6.45, 7) is 4.58. The lowest BCUT2D eigenvalue weighted by Crippen LogP contribution is -2.20. The normalized spacial score (nSPS) is 17.2. The number of ether oxygens (including phenoxy) is 2. The second-order valence-electron chi connectivity index (χ2n) is 10.1. The van der Waals surface area contributed by atoms with E-state index in [1.54, 1.807) is 44.3 Å². The average Bonchev–Trinajstić information content (AvgIpc) is 3.59. The van der Waals surface area contributed by atoms with Gasteiger partial charge in [-0.3, -0.25) is 4.68 Å². The second-order valence-corrected chi connectivity index (χ2v) is 12.1. The van der Waals surface area contributed by atoms with Gasteiger partial charge in [-0.15, -0.1) is 0 Å². The molecule has 0 unspecified atom stereocenters. The third kappa shape index (κ3) is 5.55. The minimum Gasteiger partial charge on any atom is -0.454 e. The van der Waals surface area contributed by atoms with Gasteiger partial charge in [0.2, 0.25) is 0 Å². The monoisotopic (exact) mass is 512 g/mol. The lowest BCUT2D eigenvalue weighted by molar-refractivity contribution is 0.0756. The maximum absolute atomic E-state index is 12.2. The Morgan fingerprint density at radius 1 is 1.14 bits per heavy atom. The molecule has 2 fully saturated rings. The molecule has 2 N–H and O–H groups in total. The fourth-order valence-corrected chi connectivity index (χ4v) is 5.50. The van der Waals surface area contributed by atoms with Crippen LogP contribution in [0, 0.1) is 0 Å². The Kier molecular flexibility index (Phi) is 6.52. The van der Waals surface area contributed by atoms with Crippen LogP contribution in [0.5, 0.6) is 11.5 Å². The summed E-state index contributed by atoms with van der Waals surface area (Å²) in [4.78, 5) is 4.48. The molecule has 1 aliphatic heterocycles. The summed E-state index contributed by atoms with van der Waals surface area (Å²) in [7, 11) is -3.50. The van der Waals surface area contributed by atoms with Crippen molar-refractivity contribution in [2.45, 2.75) is 62.0 Å². The first-order valence-electron chi connectivity index (χ1n) is 12.2. The van der Waals surface area contributed by atoms with Crippen LogP contribution in [-0.2, 0) is 20.2 Å². The molecule has 0 atom stereocenters. The van der Waals surface area contributed by atoms with Crippen molar-refractivity contribution in [2.75, 3.05) is 24.8 Å². The largest absolute Gasteiger partial charge is 0.454 e. The molecule has 2 aromatic heterocycles. The number of aromatic nitrogens is 3. The van der Waals surface area contributed by atoms with E-state index in [1.165, 1.54) is 6.07 Å². The van der Waals surface area contributed by atoms with Crippen LogP contribution in [-0.4, -0.2) is 47.8 Å². The van der Waals surface area contributed by atoms with Crippen LogP contribution >= 0.6 is 0 Å². The summed E-state index contributed by atoms with van der Waals surface area (Å²) in [5, 5.41) is 18.6. The number of pyridine rings is 1. The van der Waals surface area contributed by atoms with Crippen LogP contribution in [0.15, 0.2) is 47.6 Å². The van der Waals surface area contributed by atoms with Gasteiger partial charge in [0.1, 0.15) is 17.3 Å². The summed E-state index contributed by atoms with van der Waals surface area (Å²) in [5.74, 6) is 2.21. The first kappa shape index (κ1) is 24.7. The van der Waals surface area contributed by atoms with E-state index >= 15 is 0 Å². The summed E-state index contributed by atoms with van der Waals surface area (Å²) < 4.78 is 38.3. The van der Waals surface area contributed by atoms with Gasteiger partial charge in [0.25, 0.3) is 0 Å². The highest BCUT2D eigenvalue weighted by Gasteiger charge is 2.30. The van der Waals surface area contributed by atoms with Crippen molar-refractivity contribution in [3.63, 3.8) is 0 Å². The Morgan fingerprint density at radius 2 is 1.89 bits per heavy atom. The lowest BCUT2D eigenvalue weighted by atomic mass is 9.96. The topological polar surface area (TPSA) is 116 Å². The third-order valence-electron chi connectivity index (χ3n) is 6.52. The van der Waals surface area contributed by atoms with Gasteiger partial charge in [-0.1, -0.05) is 0 Å². The highest BCUT2D eigenvalue weighted by molar-refractivity contribution is 7.90. The number of aliphatic hydroxyl groups is 1. The molecule has 1 aliphatic carbocycles. The number of hydrogen-bond donors (Lipinski definition) is 2. The quantitative estimate of drug-likeness (QED) is 0.447. The van der Waals surface area contributed by atoms with Gasteiger partial charge < -0.3 is 19.9 Å². The van der Waals surface area contributed by atoms with E-state index in [-0.39, 0.29) is 4.90 Å². The first-order valence-corrected chi connectivity index (χ1v) is 14.1. The van der Waals surface area contributed by atoms with Crippen LogP contribution < -0.4 is 10.1 Å². The Balaban J connectivity index is 1.39. The zero-order valence-electron chi connectivity index (χ0n) is 20.8. The molecule has 1 saturated carbocycles. The average molecular weight is 513 g/mol. The maximum atomic E-state index is 12.2. The van der Waals surface area contributed by atoms with Crippen LogP contribution in [0.3, 0.4) is 0 Å². The molecule has 0 amide bonds. The molecule has 36 heavy (non-hydrogen) atoms. The van der Waals surface area contributed by atoms with E-state index in [2.05, 4.69) is 10.3 Å². The lowest BCUT2D eigenvalue weighted by Gasteiger charge is -2.22. The molecule has 1 aromatic carbocycles. The van der Waals surface area contributed by atoms with Crippen LogP contribution in [0.25, 0.3) is 0 Å². The van der Waals surface area contributed by atoms with E-state index in [9.17, 15) is 13.5 Å². The fourth-order valence-electron chi connectivity index (χ4n) is 4.47. The Morgan fingerprint density at radius 3 is 2.56 bits per heavy atom. The van der Waals surface area contributed by atoms with Crippen LogP contribution in [0.2, 0.25) is 0 Å². The number of sulfone groups is 1. The number of rotatable bonds is 8. The Bertz CT molecular complexity index is 1350. The van der Waals surface area contributed by atoms with Gasteiger partial charge in [-0.25, -0.2) is 13.4 Å². The molecule has 0 bridgehead atoms. The summed E-state index contributed by atoms with van der Waals surface area (Å²) in [6, 6.07) is 8.82. The zero-order chi connectivity index (χ0) is 25.5. The molecule has 10 heteroatoms.